The second-order valence-corrected chi connectivity index (χ2v) is 6.86. The summed E-state index contributed by atoms with van der Waals surface area (Å²) in [5.41, 5.74) is -3.24. The fourth-order valence-electron chi connectivity index (χ4n) is 1.44. The lowest BCUT2D eigenvalue weighted by molar-refractivity contribution is -0.0327. The number of thiophene rings is 1. The standard InChI is InChI=1S/C11H11F3N4OS3/c1-6-2-4-20-7(6)8-16-10(22-18-8)17-9(19)15-3-5-21-11(12,13)14/h2,4H,3,5H2,1H3,(H2,15,16,17,18,19). The number of thioether (sulfide) groups is 1. The number of aromatic nitrogens is 2. The highest BCUT2D eigenvalue weighted by atomic mass is 32.2. The smallest absolute Gasteiger partial charge is 0.337 e. The summed E-state index contributed by atoms with van der Waals surface area (Å²) in [5, 5.41) is 7.00. The molecule has 0 aromatic carbocycles. The van der Waals surface area contributed by atoms with Gasteiger partial charge in [-0.25, -0.2) is 4.79 Å². The van der Waals surface area contributed by atoms with Gasteiger partial charge < -0.3 is 5.32 Å². The van der Waals surface area contributed by atoms with E-state index in [9.17, 15) is 18.0 Å². The SMILES string of the molecule is Cc1ccsc1-c1nsc(NC(=O)NCCSC(F)(F)F)n1. The van der Waals surface area contributed by atoms with E-state index in [2.05, 4.69) is 20.0 Å². The molecule has 2 rings (SSSR count). The van der Waals surface area contributed by atoms with Gasteiger partial charge in [0, 0.05) is 23.8 Å². The highest BCUT2D eigenvalue weighted by molar-refractivity contribution is 8.00. The lowest BCUT2D eigenvalue weighted by Gasteiger charge is -2.06. The van der Waals surface area contributed by atoms with Gasteiger partial charge in [-0.15, -0.1) is 11.3 Å². The Morgan fingerprint density at radius 1 is 1.45 bits per heavy atom. The molecule has 0 bridgehead atoms. The fourth-order valence-corrected chi connectivity index (χ4v) is 3.36. The van der Waals surface area contributed by atoms with E-state index < -0.39 is 11.5 Å². The van der Waals surface area contributed by atoms with Crippen molar-refractivity contribution in [3.63, 3.8) is 0 Å². The normalized spacial score (nSPS) is 11.5. The quantitative estimate of drug-likeness (QED) is 0.784. The van der Waals surface area contributed by atoms with Crippen LogP contribution in [0.4, 0.5) is 23.1 Å². The van der Waals surface area contributed by atoms with Gasteiger partial charge in [0.15, 0.2) is 5.82 Å². The molecule has 22 heavy (non-hydrogen) atoms. The molecular formula is C11H11F3N4OS3. The van der Waals surface area contributed by atoms with Crippen LogP contribution >= 0.6 is 34.6 Å². The molecule has 0 spiro atoms. The summed E-state index contributed by atoms with van der Waals surface area (Å²) < 4.78 is 39.9. The first-order valence-corrected chi connectivity index (χ1v) is 8.63. The van der Waals surface area contributed by atoms with Crippen LogP contribution in [-0.4, -0.2) is 33.2 Å². The third-order valence-corrected chi connectivity index (χ3v) is 4.74. The first-order valence-electron chi connectivity index (χ1n) is 5.99. The third-order valence-electron chi connectivity index (χ3n) is 2.37. The van der Waals surface area contributed by atoms with Crippen molar-refractivity contribution in [2.24, 2.45) is 0 Å². The lowest BCUT2D eigenvalue weighted by atomic mass is 10.3. The second kappa shape index (κ2) is 7.29. The molecule has 120 valence electrons. The van der Waals surface area contributed by atoms with Crippen molar-refractivity contribution in [3.05, 3.63) is 17.0 Å². The number of hydrogen-bond donors (Lipinski definition) is 2. The van der Waals surface area contributed by atoms with Crippen molar-refractivity contribution in [2.45, 2.75) is 12.4 Å². The summed E-state index contributed by atoms with van der Waals surface area (Å²) in [6.45, 7) is 1.84. The molecule has 0 radical (unpaired) electrons. The molecule has 0 aliphatic rings. The van der Waals surface area contributed by atoms with Gasteiger partial charge in [-0.2, -0.15) is 22.5 Å². The Labute approximate surface area is 136 Å². The number of hydrogen-bond acceptors (Lipinski definition) is 6. The molecule has 11 heteroatoms. The van der Waals surface area contributed by atoms with E-state index in [4.69, 9.17) is 0 Å². The second-order valence-electron chi connectivity index (χ2n) is 4.03. The van der Waals surface area contributed by atoms with Crippen LogP contribution in [0.3, 0.4) is 0 Å². The predicted molar refractivity (Wildman–Crippen MR) is 83.5 cm³/mol. The zero-order valence-electron chi connectivity index (χ0n) is 11.2. The molecule has 2 amide bonds. The van der Waals surface area contributed by atoms with Gasteiger partial charge in [0.05, 0.1) is 4.88 Å². The number of carbonyl (C=O) groups excluding carboxylic acids is 1. The first kappa shape index (κ1) is 17.0. The van der Waals surface area contributed by atoms with Crippen LogP contribution in [-0.2, 0) is 0 Å². The molecule has 0 saturated heterocycles. The Kier molecular flexibility index (Phi) is 5.64. The monoisotopic (exact) mass is 368 g/mol. The minimum absolute atomic E-state index is 0.0916. The van der Waals surface area contributed by atoms with E-state index in [0.29, 0.717) is 11.0 Å². The number of carbonyl (C=O) groups is 1. The molecule has 2 heterocycles. The molecule has 0 unspecified atom stereocenters. The first-order chi connectivity index (χ1) is 10.3. The van der Waals surface area contributed by atoms with E-state index in [1.807, 2.05) is 18.4 Å². The van der Waals surface area contributed by atoms with Gasteiger partial charge in [0.25, 0.3) is 0 Å². The zero-order valence-corrected chi connectivity index (χ0v) is 13.7. The van der Waals surface area contributed by atoms with E-state index in [0.717, 1.165) is 22.0 Å². The van der Waals surface area contributed by atoms with Crippen molar-refractivity contribution in [1.82, 2.24) is 14.7 Å². The van der Waals surface area contributed by atoms with Crippen LogP contribution in [0.25, 0.3) is 10.7 Å². The van der Waals surface area contributed by atoms with Crippen LogP contribution < -0.4 is 10.6 Å². The number of anilines is 1. The number of aryl methyl sites for hydroxylation is 1. The largest absolute Gasteiger partial charge is 0.441 e. The molecule has 0 atom stereocenters. The zero-order chi connectivity index (χ0) is 16.2. The van der Waals surface area contributed by atoms with Gasteiger partial charge in [-0.1, -0.05) is 0 Å². The van der Waals surface area contributed by atoms with E-state index in [-0.39, 0.29) is 24.1 Å². The molecule has 2 aromatic rings. The number of nitrogens with zero attached hydrogens (tertiary/aromatic N) is 2. The number of urea groups is 1. The summed E-state index contributed by atoms with van der Waals surface area (Å²) in [4.78, 5) is 16.6. The summed E-state index contributed by atoms with van der Waals surface area (Å²) in [6.07, 6.45) is 0. The molecule has 0 saturated carbocycles. The third kappa shape index (κ3) is 5.14. The fraction of sp³-hybridized carbons (Fsp3) is 0.364. The van der Waals surface area contributed by atoms with E-state index in [1.165, 1.54) is 11.3 Å². The summed E-state index contributed by atoms with van der Waals surface area (Å²) in [5.74, 6) is 0.285. The molecule has 5 nitrogen and oxygen atoms in total. The maximum atomic E-state index is 11.9. The van der Waals surface area contributed by atoms with Gasteiger partial charge in [-0.3, -0.25) is 5.32 Å². The topological polar surface area (TPSA) is 66.9 Å². The van der Waals surface area contributed by atoms with E-state index in [1.54, 1.807) is 0 Å². The van der Waals surface area contributed by atoms with Crippen LogP contribution in [0.15, 0.2) is 11.4 Å². The molecule has 0 aliphatic carbocycles. The summed E-state index contributed by atoms with van der Waals surface area (Å²) in [7, 11) is 0. The molecular weight excluding hydrogens is 357 g/mol. The van der Waals surface area contributed by atoms with E-state index >= 15 is 0 Å². The van der Waals surface area contributed by atoms with Gasteiger partial charge >= 0.3 is 11.5 Å². The molecule has 0 aliphatic heterocycles. The highest BCUT2D eigenvalue weighted by Gasteiger charge is 2.27. The Bertz CT molecular complexity index is 641. The number of halogens is 3. The number of alkyl halides is 3. The maximum absolute atomic E-state index is 11.9. The summed E-state index contributed by atoms with van der Waals surface area (Å²) in [6, 6.07) is 1.34. The van der Waals surface area contributed by atoms with Crippen LogP contribution in [0.2, 0.25) is 0 Å². The maximum Gasteiger partial charge on any atom is 0.441 e. The van der Waals surface area contributed by atoms with Crippen LogP contribution in [0.1, 0.15) is 5.56 Å². The number of nitrogens with one attached hydrogen (secondary N) is 2. The van der Waals surface area contributed by atoms with Gasteiger partial charge in [0.1, 0.15) is 0 Å². The number of amides is 2. The van der Waals surface area contributed by atoms with Crippen molar-refractivity contribution in [3.8, 4) is 10.7 Å². The average Bonchev–Trinajstić information content (AvgIpc) is 3.02. The molecule has 2 N–H and O–H groups in total. The molecule has 2 aromatic heterocycles. The minimum atomic E-state index is -4.29. The Hall–Kier alpha value is -1.33. The van der Waals surface area contributed by atoms with Gasteiger partial charge in [0.2, 0.25) is 5.13 Å². The predicted octanol–water partition coefficient (Wildman–Crippen LogP) is 3.95. The van der Waals surface area contributed by atoms with Gasteiger partial charge in [-0.05, 0) is 35.7 Å². The Balaban J connectivity index is 1.80. The van der Waals surface area contributed by atoms with Crippen molar-refractivity contribution in [2.75, 3.05) is 17.6 Å². The minimum Gasteiger partial charge on any atom is -0.337 e. The Morgan fingerprint density at radius 3 is 2.86 bits per heavy atom. The number of rotatable bonds is 5. The lowest BCUT2D eigenvalue weighted by Crippen LogP contribution is -2.30. The van der Waals surface area contributed by atoms with Crippen molar-refractivity contribution in [1.29, 1.82) is 0 Å². The van der Waals surface area contributed by atoms with Crippen molar-refractivity contribution < 1.29 is 18.0 Å². The Morgan fingerprint density at radius 2 is 2.23 bits per heavy atom. The highest BCUT2D eigenvalue weighted by Crippen LogP contribution is 2.30. The van der Waals surface area contributed by atoms with Crippen molar-refractivity contribution >= 4 is 45.8 Å². The summed E-state index contributed by atoms with van der Waals surface area (Å²) >= 11 is 2.33. The molecule has 0 fully saturated rings. The average molecular weight is 368 g/mol. The van der Waals surface area contributed by atoms with Crippen LogP contribution in [0, 0.1) is 6.92 Å². The van der Waals surface area contributed by atoms with Crippen LogP contribution in [0.5, 0.6) is 0 Å².